The van der Waals surface area contributed by atoms with E-state index in [0.717, 1.165) is 31.0 Å². The first-order valence-electron chi connectivity index (χ1n) is 7.74. The lowest BCUT2D eigenvalue weighted by atomic mass is 9.95. The van der Waals surface area contributed by atoms with Gasteiger partial charge in [-0.05, 0) is 12.8 Å². The summed E-state index contributed by atoms with van der Waals surface area (Å²) >= 11 is 0. The van der Waals surface area contributed by atoms with Crippen LogP contribution in [0.1, 0.15) is 53.3 Å². The molecule has 0 spiro atoms. The van der Waals surface area contributed by atoms with Gasteiger partial charge in [-0.1, -0.05) is 34.6 Å². The first-order valence-corrected chi connectivity index (χ1v) is 7.74. The van der Waals surface area contributed by atoms with Crippen LogP contribution in [0.5, 0.6) is 0 Å². The van der Waals surface area contributed by atoms with Gasteiger partial charge in [0, 0.05) is 31.2 Å². The third-order valence-electron chi connectivity index (χ3n) is 3.62. The van der Waals surface area contributed by atoms with Gasteiger partial charge in [0.1, 0.15) is 17.5 Å². The number of nitrogen functional groups attached to an aromatic ring is 1. The SMILES string of the molecule is CCC(CC)N(CCOC)c1cc(N)nc(C(C)(C)C)n1. The second-order valence-corrected chi connectivity index (χ2v) is 6.38. The molecular formula is C16H30N4O. The van der Waals surface area contributed by atoms with Crippen LogP contribution in [0.3, 0.4) is 0 Å². The molecule has 1 aromatic heterocycles. The van der Waals surface area contributed by atoms with Crippen LogP contribution in [0.4, 0.5) is 11.6 Å². The van der Waals surface area contributed by atoms with E-state index in [2.05, 4.69) is 44.5 Å². The van der Waals surface area contributed by atoms with Crippen LogP contribution in [0.2, 0.25) is 0 Å². The molecule has 0 saturated heterocycles. The third kappa shape index (κ3) is 4.84. The van der Waals surface area contributed by atoms with Gasteiger partial charge in [-0.25, -0.2) is 9.97 Å². The van der Waals surface area contributed by atoms with E-state index in [4.69, 9.17) is 15.5 Å². The van der Waals surface area contributed by atoms with Crippen LogP contribution >= 0.6 is 0 Å². The van der Waals surface area contributed by atoms with Crippen molar-refractivity contribution in [3.8, 4) is 0 Å². The Hall–Kier alpha value is -1.36. The highest BCUT2D eigenvalue weighted by molar-refractivity contribution is 5.48. The largest absolute Gasteiger partial charge is 0.384 e. The molecule has 1 heterocycles. The fraction of sp³-hybridized carbons (Fsp3) is 0.750. The average Bonchev–Trinajstić information content (AvgIpc) is 2.41. The van der Waals surface area contributed by atoms with Gasteiger partial charge in [-0.2, -0.15) is 0 Å². The molecule has 0 aliphatic carbocycles. The van der Waals surface area contributed by atoms with Crippen molar-refractivity contribution in [2.24, 2.45) is 0 Å². The number of rotatable bonds is 7. The molecule has 1 aromatic rings. The number of methoxy groups -OCH3 is 1. The van der Waals surface area contributed by atoms with Gasteiger partial charge in [0.05, 0.1) is 6.61 Å². The fourth-order valence-electron chi connectivity index (χ4n) is 2.34. The summed E-state index contributed by atoms with van der Waals surface area (Å²) in [6.45, 7) is 12.2. The molecule has 5 nitrogen and oxygen atoms in total. The lowest BCUT2D eigenvalue weighted by Gasteiger charge is -2.32. The quantitative estimate of drug-likeness (QED) is 0.837. The molecule has 5 heteroatoms. The van der Waals surface area contributed by atoms with E-state index in [1.807, 2.05) is 6.07 Å². The summed E-state index contributed by atoms with van der Waals surface area (Å²) in [6, 6.07) is 2.30. The van der Waals surface area contributed by atoms with Crippen LogP contribution in [-0.4, -0.2) is 36.3 Å². The highest BCUT2D eigenvalue weighted by atomic mass is 16.5. The number of ether oxygens (including phenoxy) is 1. The number of nitrogens with zero attached hydrogens (tertiary/aromatic N) is 3. The lowest BCUT2D eigenvalue weighted by Crippen LogP contribution is -2.38. The molecule has 120 valence electrons. The second-order valence-electron chi connectivity index (χ2n) is 6.38. The summed E-state index contributed by atoms with van der Waals surface area (Å²) in [7, 11) is 1.72. The third-order valence-corrected chi connectivity index (χ3v) is 3.62. The van der Waals surface area contributed by atoms with Gasteiger partial charge < -0.3 is 15.4 Å². The van der Waals surface area contributed by atoms with Gasteiger partial charge in [-0.15, -0.1) is 0 Å². The minimum atomic E-state index is -0.120. The van der Waals surface area contributed by atoms with Crippen molar-refractivity contribution in [2.75, 3.05) is 30.9 Å². The van der Waals surface area contributed by atoms with Crippen molar-refractivity contribution in [1.82, 2.24) is 9.97 Å². The Labute approximate surface area is 128 Å². The summed E-state index contributed by atoms with van der Waals surface area (Å²) in [6.07, 6.45) is 2.13. The smallest absolute Gasteiger partial charge is 0.138 e. The number of anilines is 2. The standard InChI is InChI=1S/C16H30N4O/c1-7-12(8-2)20(9-10-21-6)14-11-13(17)18-15(19-14)16(3,4)5/h11-12H,7-10H2,1-6H3,(H2,17,18,19). The topological polar surface area (TPSA) is 64.3 Å². The van der Waals surface area contributed by atoms with Crippen molar-refractivity contribution >= 4 is 11.6 Å². The Bertz CT molecular complexity index is 438. The molecule has 0 saturated carbocycles. The predicted octanol–water partition coefficient (Wildman–Crippen LogP) is 3.00. The molecular weight excluding hydrogens is 264 g/mol. The summed E-state index contributed by atoms with van der Waals surface area (Å²) in [4.78, 5) is 11.4. The molecule has 1 rings (SSSR count). The molecule has 2 N–H and O–H groups in total. The van der Waals surface area contributed by atoms with Gasteiger partial charge in [0.15, 0.2) is 0 Å². The highest BCUT2D eigenvalue weighted by Gasteiger charge is 2.22. The van der Waals surface area contributed by atoms with E-state index in [0.29, 0.717) is 18.5 Å². The molecule has 0 atom stereocenters. The van der Waals surface area contributed by atoms with E-state index in [9.17, 15) is 0 Å². The number of nitrogens with two attached hydrogens (primary N) is 1. The maximum absolute atomic E-state index is 6.00. The first kappa shape index (κ1) is 17.7. The van der Waals surface area contributed by atoms with E-state index >= 15 is 0 Å². The maximum atomic E-state index is 6.00. The van der Waals surface area contributed by atoms with Crippen molar-refractivity contribution in [3.63, 3.8) is 0 Å². The summed E-state index contributed by atoms with van der Waals surface area (Å²) in [5.41, 5.74) is 5.88. The van der Waals surface area contributed by atoms with Crippen molar-refractivity contribution in [1.29, 1.82) is 0 Å². The number of aromatic nitrogens is 2. The first-order chi connectivity index (χ1) is 9.83. The van der Waals surface area contributed by atoms with E-state index in [-0.39, 0.29) is 5.41 Å². The zero-order chi connectivity index (χ0) is 16.0. The lowest BCUT2D eigenvalue weighted by molar-refractivity contribution is 0.202. The molecule has 0 aromatic carbocycles. The van der Waals surface area contributed by atoms with Gasteiger partial charge >= 0.3 is 0 Å². The Morgan fingerprint density at radius 2 is 1.86 bits per heavy atom. The Balaban J connectivity index is 3.20. The monoisotopic (exact) mass is 294 g/mol. The van der Waals surface area contributed by atoms with Crippen LogP contribution in [-0.2, 0) is 10.2 Å². The zero-order valence-corrected chi connectivity index (χ0v) is 14.3. The number of hydrogen-bond donors (Lipinski definition) is 1. The van der Waals surface area contributed by atoms with Crippen molar-refractivity contribution < 1.29 is 4.74 Å². The van der Waals surface area contributed by atoms with Crippen LogP contribution in [0.25, 0.3) is 0 Å². The van der Waals surface area contributed by atoms with Crippen molar-refractivity contribution in [2.45, 2.75) is 58.9 Å². The van der Waals surface area contributed by atoms with Crippen LogP contribution < -0.4 is 10.6 Å². The Morgan fingerprint density at radius 3 is 2.33 bits per heavy atom. The van der Waals surface area contributed by atoms with Crippen molar-refractivity contribution in [3.05, 3.63) is 11.9 Å². The summed E-state index contributed by atoms with van der Waals surface area (Å²) in [5, 5.41) is 0. The molecule has 0 bridgehead atoms. The maximum Gasteiger partial charge on any atom is 0.138 e. The Morgan fingerprint density at radius 1 is 1.24 bits per heavy atom. The zero-order valence-electron chi connectivity index (χ0n) is 14.3. The molecule has 0 aliphatic heterocycles. The minimum Gasteiger partial charge on any atom is -0.384 e. The molecule has 0 unspecified atom stereocenters. The minimum absolute atomic E-state index is 0.120. The molecule has 0 amide bonds. The fourth-order valence-corrected chi connectivity index (χ4v) is 2.34. The van der Waals surface area contributed by atoms with E-state index in [1.165, 1.54) is 0 Å². The highest BCUT2D eigenvalue weighted by Crippen LogP contribution is 2.25. The van der Waals surface area contributed by atoms with E-state index in [1.54, 1.807) is 7.11 Å². The number of hydrogen-bond acceptors (Lipinski definition) is 5. The average molecular weight is 294 g/mol. The van der Waals surface area contributed by atoms with Crippen LogP contribution in [0, 0.1) is 0 Å². The summed E-state index contributed by atoms with van der Waals surface area (Å²) < 4.78 is 5.24. The second kappa shape index (κ2) is 7.59. The van der Waals surface area contributed by atoms with Gasteiger partial charge in [0.25, 0.3) is 0 Å². The van der Waals surface area contributed by atoms with E-state index < -0.39 is 0 Å². The predicted molar refractivity (Wildman–Crippen MR) is 88.7 cm³/mol. The van der Waals surface area contributed by atoms with Gasteiger partial charge in [-0.3, -0.25) is 0 Å². The molecule has 0 radical (unpaired) electrons. The van der Waals surface area contributed by atoms with Crippen LogP contribution in [0.15, 0.2) is 6.07 Å². The summed E-state index contributed by atoms with van der Waals surface area (Å²) in [5.74, 6) is 2.21. The molecule has 21 heavy (non-hydrogen) atoms. The molecule has 0 fully saturated rings. The molecule has 0 aliphatic rings. The Kier molecular flexibility index (Phi) is 6.40. The normalized spacial score (nSPS) is 12.0. The van der Waals surface area contributed by atoms with Gasteiger partial charge in [0.2, 0.25) is 0 Å².